The summed E-state index contributed by atoms with van der Waals surface area (Å²) >= 11 is 0. The second-order valence-corrected chi connectivity index (χ2v) is 4.72. The molecule has 2 rings (SSSR count). The molecule has 1 aliphatic heterocycles. The highest BCUT2D eigenvalue weighted by molar-refractivity contribution is 5.83. The van der Waals surface area contributed by atoms with Gasteiger partial charge in [0.2, 0.25) is 0 Å². The third-order valence-corrected chi connectivity index (χ3v) is 3.22. The van der Waals surface area contributed by atoms with Crippen molar-refractivity contribution in [1.29, 1.82) is 0 Å². The van der Waals surface area contributed by atoms with Gasteiger partial charge in [0, 0.05) is 18.5 Å². The van der Waals surface area contributed by atoms with E-state index in [0.717, 1.165) is 19.5 Å². The van der Waals surface area contributed by atoms with Crippen LogP contribution in [0.25, 0.3) is 0 Å². The van der Waals surface area contributed by atoms with Crippen LogP contribution in [0.2, 0.25) is 0 Å². The van der Waals surface area contributed by atoms with Gasteiger partial charge in [-0.2, -0.15) is 0 Å². The number of nitrogens with zero attached hydrogens (tertiary/aromatic N) is 1. The summed E-state index contributed by atoms with van der Waals surface area (Å²) in [5, 5.41) is 3.30. The van der Waals surface area contributed by atoms with E-state index in [-0.39, 0.29) is 0 Å². The predicted octanol–water partition coefficient (Wildman–Crippen LogP) is 0.649. The maximum atomic E-state index is 11.8. The quantitative estimate of drug-likeness (QED) is 0.716. The molecule has 0 aromatic carbocycles. The van der Waals surface area contributed by atoms with Crippen LogP contribution in [0, 0.1) is 5.92 Å². The molecule has 1 N–H and O–H groups in total. The Kier molecular flexibility index (Phi) is 3.19. The van der Waals surface area contributed by atoms with Crippen LogP contribution in [0.1, 0.15) is 25.7 Å². The largest absolute Gasteiger partial charge is 0.307 e. The molecule has 1 atom stereocenters. The average molecular weight is 196 g/mol. The predicted molar refractivity (Wildman–Crippen MR) is 56.3 cm³/mol. The topological polar surface area (TPSA) is 32.3 Å². The van der Waals surface area contributed by atoms with Crippen molar-refractivity contribution in [2.75, 3.05) is 26.7 Å². The van der Waals surface area contributed by atoms with Crippen molar-refractivity contribution in [2.45, 2.75) is 31.7 Å². The zero-order valence-corrected chi connectivity index (χ0v) is 8.96. The van der Waals surface area contributed by atoms with Gasteiger partial charge in [0.15, 0.2) is 5.78 Å². The first-order valence-electron chi connectivity index (χ1n) is 5.70. The molecule has 0 aromatic rings. The fourth-order valence-electron chi connectivity index (χ4n) is 2.11. The summed E-state index contributed by atoms with van der Waals surface area (Å²) in [5.74, 6) is 0.712. The number of Topliss-reactive ketones (excluding diaryl/α,β-unsaturated/α-hetero) is 1. The SMILES string of the molecule is CN1CCCC(C(=O)CNC2CC2)C1. The highest BCUT2D eigenvalue weighted by Gasteiger charge is 2.26. The van der Waals surface area contributed by atoms with Crippen molar-refractivity contribution in [3.63, 3.8) is 0 Å². The first-order valence-corrected chi connectivity index (χ1v) is 5.70. The zero-order chi connectivity index (χ0) is 9.97. The lowest BCUT2D eigenvalue weighted by atomic mass is 9.94. The molecule has 0 radical (unpaired) electrons. The van der Waals surface area contributed by atoms with Crippen molar-refractivity contribution in [2.24, 2.45) is 5.92 Å². The van der Waals surface area contributed by atoms with E-state index in [1.54, 1.807) is 0 Å². The molecule has 1 saturated carbocycles. The molecule has 1 saturated heterocycles. The van der Waals surface area contributed by atoms with Gasteiger partial charge < -0.3 is 10.2 Å². The second kappa shape index (κ2) is 4.41. The Hall–Kier alpha value is -0.410. The van der Waals surface area contributed by atoms with Crippen LogP contribution in [-0.2, 0) is 4.79 Å². The molecule has 0 amide bonds. The Bertz CT molecular complexity index is 213. The lowest BCUT2D eigenvalue weighted by Gasteiger charge is -2.28. The van der Waals surface area contributed by atoms with Gasteiger partial charge in [-0.1, -0.05) is 0 Å². The molecule has 1 unspecified atom stereocenters. The second-order valence-electron chi connectivity index (χ2n) is 4.72. The lowest BCUT2D eigenvalue weighted by molar-refractivity contribution is -0.123. The number of rotatable bonds is 4. The highest BCUT2D eigenvalue weighted by atomic mass is 16.1. The molecule has 2 aliphatic rings. The van der Waals surface area contributed by atoms with Crippen molar-refractivity contribution in [3.8, 4) is 0 Å². The standard InChI is InChI=1S/C11H20N2O/c1-13-6-2-3-9(8-13)11(14)7-12-10-4-5-10/h9-10,12H,2-8H2,1H3. The van der Waals surface area contributed by atoms with Crippen LogP contribution < -0.4 is 5.32 Å². The van der Waals surface area contributed by atoms with Crippen LogP contribution in [-0.4, -0.2) is 43.4 Å². The van der Waals surface area contributed by atoms with E-state index >= 15 is 0 Å². The van der Waals surface area contributed by atoms with Crippen molar-refractivity contribution >= 4 is 5.78 Å². The fourth-order valence-corrected chi connectivity index (χ4v) is 2.11. The molecule has 0 bridgehead atoms. The Labute approximate surface area is 85.8 Å². The summed E-state index contributed by atoms with van der Waals surface area (Å²) in [6, 6.07) is 0.653. The van der Waals surface area contributed by atoms with Crippen molar-refractivity contribution in [1.82, 2.24) is 10.2 Å². The summed E-state index contributed by atoms with van der Waals surface area (Å²) in [6.45, 7) is 2.72. The summed E-state index contributed by atoms with van der Waals surface area (Å²) in [6.07, 6.45) is 4.79. The van der Waals surface area contributed by atoms with Gasteiger partial charge in [-0.3, -0.25) is 4.79 Å². The maximum Gasteiger partial charge on any atom is 0.150 e. The van der Waals surface area contributed by atoms with Crippen LogP contribution in [0.3, 0.4) is 0 Å². The van der Waals surface area contributed by atoms with Crippen LogP contribution in [0.5, 0.6) is 0 Å². The molecule has 1 heterocycles. The summed E-state index contributed by atoms with van der Waals surface area (Å²) < 4.78 is 0. The van der Waals surface area contributed by atoms with E-state index in [9.17, 15) is 4.79 Å². The van der Waals surface area contributed by atoms with E-state index in [1.165, 1.54) is 19.3 Å². The van der Waals surface area contributed by atoms with E-state index in [0.29, 0.717) is 24.3 Å². The number of piperidine rings is 1. The molecular formula is C11H20N2O. The van der Waals surface area contributed by atoms with E-state index in [4.69, 9.17) is 0 Å². The minimum Gasteiger partial charge on any atom is -0.307 e. The van der Waals surface area contributed by atoms with Gasteiger partial charge in [0.1, 0.15) is 0 Å². The van der Waals surface area contributed by atoms with Gasteiger partial charge in [-0.15, -0.1) is 0 Å². The fraction of sp³-hybridized carbons (Fsp3) is 0.909. The third kappa shape index (κ3) is 2.79. The molecule has 2 fully saturated rings. The molecule has 14 heavy (non-hydrogen) atoms. The minimum absolute atomic E-state index is 0.292. The van der Waals surface area contributed by atoms with Gasteiger partial charge >= 0.3 is 0 Å². The van der Waals surface area contributed by atoms with Crippen molar-refractivity contribution < 1.29 is 4.79 Å². The van der Waals surface area contributed by atoms with Crippen LogP contribution >= 0.6 is 0 Å². The molecular weight excluding hydrogens is 176 g/mol. The van der Waals surface area contributed by atoms with Crippen LogP contribution in [0.4, 0.5) is 0 Å². The molecule has 1 aliphatic carbocycles. The normalized spacial score (nSPS) is 29.1. The van der Waals surface area contributed by atoms with Crippen molar-refractivity contribution in [3.05, 3.63) is 0 Å². The number of carbonyl (C=O) groups excluding carboxylic acids is 1. The molecule has 3 nitrogen and oxygen atoms in total. The van der Waals surface area contributed by atoms with E-state index in [2.05, 4.69) is 17.3 Å². The van der Waals surface area contributed by atoms with Gasteiger partial charge in [0.05, 0.1) is 6.54 Å². The first kappa shape index (κ1) is 10.1. The Balaban J connectivity index is 1.71. The lowest BCUT2D eigenvalue weighted by Crippen LogP contribution is -2.39. The number of nitrogens with one attached hydrogen (secondary N) is 1. The Morgan fingerprint density at radius 3 is 2.86 bits per heavy atom. The zero-order valence-electron chi connectivity index (χ0n) is 8.96. The molecule has 3 heteroatoms. The number of hydrogen-bond acceptors (Lipinski definition) is 3. The molecule has 80 valence electrons. The van der Waals surface area contributed by atoms with E-state index in [1.807, 2.05) is 0 Å². The Morgan fingerprint density at radius 1 is 1.43 bits per heavy atom. The number of ketones is 1. The van der Waals surface area contributed by atoms with Gasteiger partial charge in [-0.25, -0.2) is 0 Å². The minimum atomic E-state index is 0.292. The summed E-state index contributed by atoms with van der Waals surface area (Å²) in [4.78, 5) is 14.1. The number of likely N-dealkylation sites (tertiary alicyclic amines) is 1. The third-order valence-electron chi connectivity index (χ3n) is 3.22. The summed E-state index contributed by atoms with van der Waals surface area (Å²) in [7, 11) is 2.10. The molecule has 0 aromatic heterocycles. The van der Waals surface area contributed by atoms with Gasteiger partial charge in [0.25, 0.3) is 0 Å². The maximum absolute atomic E-state index is 11.8. The number of carbonyl (C=O) groups is 1. The Morgan fingerprint density at radius 2 is 2.21 bits per heavy atom. The number of hydrogen-bond donors (Lipinski definition) is 1. The average Bonchev–Trinajstić information content (AvgIpc) is 2.97. The highest BCUT2D eigenvalue weighted by Crippen LogP contribution is 2.19. The molecule has 0 spiro atoms. The monoisotopic (exact) mass is 196 g/mol. The first-order chi connectivity index (χ1) is 6.75. The smallest absolute Gasteiger partial charge is 0.150 e. The van der Waals surface area contributed by atoms with Gasteiger partial charge in [-0.05, 0) is 39.3 Å². The van der Waals surface area contributed by atoms with E-state index < -0.39 is 0 Å². The summed E-state index contributed by atoms with van der Waals surface area (Å²) in [5.41, 5.74) is 0. The van der Waals surface area contributed by atoms with Crippen LogP contribution in [0.15, 0.2) is 0 Å².